The van der Waals surface area contributed by atoms with Crippen LogP contribution in [-0.2, 0) is 13.1 Å². The number of anilines is 3. The van der Waals surface area contributed by atoms with E-state index < -0.39 is 0 Å². The number of methoxy groups -OCH3 is 1. The van der Waals surface area contributed by atoms with E-state index in [9.17, 15) is 4.79 Å². The summed E-state index contributed by atoms with van der Waals surface area (Å²) < 4.78 is 23.4. The zero-order valence-electron chi connectivity index (χ0n) is 26.7. The number of nitrogens with zero attached hydrogens (tertiary/aromatic N) is 7. The average molecular weight is 645 g/mol. The van der Waals surface area contributed by atoms with Gasteiger partial charge < -0.3 is 29.7 Å². The number of fused-ring (bicyclic) bond motifs is 3. The van der Waals surface area contributed by atoms with Gasteiger partial charge in [0.2, 0.25) is 5.88 Å². The van der Waals surface area contributed by atoms with E-state index in [0.29, 0.717) is 35.9 Å². The zero-order valence-corrected chi connectivity index (χ0v) is 27.5. The second-order valence-electron chi connectivity index (χ2n) is 12.6. The molecule has 2 atom stereocenters. The summed E-state index contributed by atoms with van der Waals surface area (Å²) in [5, 5.41) is 1.59. The van der Waals surface area contributed by atoms with Crippen LogP contribution in [0.1, 0.15) is 36.3 Å². The fourth-order valence-corrected chi connectivity index (χ4v) is 8.17. The molecule has 1 unspecified atom stereocenters. The van der Waals surface area contributed by atoms with Crippen molar-refractivity contribution in [1.29, 1.82) is 0 Å². The van der Waals surface area contributed by atoms with E-state index >= 15 is 4.39 Å². The first-order valence-corrected chi connectivity index (χ1v) is 16.9. The van der Waals surface area contributed by atoms with Gasteiger partial charge >= 0.3 is 0 Å². The van der Waals surface area contributed by atoms with Gasteiger partial charge in [0.25, 0.3) is 0 Å². The van der Waals surface area contributed by atoms with Gasteiger partial charge in [0.05, 0.1) is 40.6 Å². The lowest BCUT2D eigenvalue weighted by atomic mass is 10.0. The number of hydrogen-bond donors (Lipinski definition) is 1. The van der Waals surface area contributed by atoms with Crippen LogP contribution in [0.2, 0.25) is 0 Å². The van der Waals surface area contributed by atoms with Crippen molar-refractivity contribution in [2.24, 2.45) is 0 Å². The molecule has 3 aromatic heterocycles. The first-order chi connectivity index (χ1) is 22.3. The Balaban J connectivity index is 1.26. The standard InChI is InChI=1S/C34H41FN8O2S/c1-22-43-29-17-30(40-13-11-39(2)12-14-40)28(35)16-26(29)33(44)27(34(43)46-22)21-42(19-23-8-9-37-32(15-23)45-3)25-5-4-10-41(20-25)24-6-7-31(36)38-18-24/h6-9,15-18,22,25H,4-5,10-14,19-21H2,1-3H3,(H2,36,38)/t22?,25-/m0/s1. The Morgan fingerprint density at radius 1 is 1.07 bits per heavy atom. The minimum absolute atomic E-state index is 0.0859. The van der Waals surface area contributed by atoms with E-state index in [1.165, 1.54) is 6.07 Å². The molecule has 0 amide bonds. The molecule has 1 aromatic carbocycles. The molecule has 2 N–H and O–H groups in total. The van der Waals surface area contributed by atoms with E-state index in [-0.39, 0.29) is 22.7 Å². The smallest absolute Gasteiger partial charge is 0.213 e. The summed E-state index contributed by atoms with van der Waals surface area (Å²) in [6.45, 7) is 8.22. The summed E-state index contributed by atoms with van der Waals surface area (Å²) in [6.07, 6.45) is 5.59. The summed E-state index contributed by atoms with van der Waals surface area (Å²) in [6, 6.07) is 11.4. The molecule has 2 fully saturated rings. The van der Waals surface area contributed by atoms with Crippen molar-refractivity contribution < 1.29 is 9.13 Å². The van der Waals surface area contributed by atoms with Crippen molar-refractivity contribution >= 4 is 39.9 Å². The Morgan fingerprint density at radius 2 is 1.89 bits per heavy atom. The monoisotopic (exact) mass is 644 g/mol. The Hall–Kier alpha value is -3.87. The Labute approximate surface area is 272 Å². The molecule has 0 aliphatic carbocycles. The predicted octanol–water partition coefficient (Wildman–Crippen LogP) is 4.57. The van der Waals surface area contributed by atoms with Crippen molar-refractivity contribution in [3.8, 4) is 5.88 Å². The average Bonchev–Trinajstić information content (AvgIpc) is 3.06. The number of halogens is 1. The zero-order chi connectivity index (χ0) is 31.9. The molecular formula is C34H41FN8O2S. The number of nitrogens with two attached hydrogens (primary N) is 1. The first-order valence-electron chi connectivity index (χ1n) is 16.0. The summed E-state index contributed by atoms with van der Waals surface area (Å²) in [4.78, 5) is 32.0. The molecule has 0 bridgehead atoms. The van der Waals surface area contributed by atoms with Crippen LogP contribution in [0.5, 0.6) is 5.88 Å². The van der Waals surface area contributed by atoms with E-state index in [2.05, 4.69) is 48.1 Å². The van der Waals surface area contributed by atoms with Crippen molar-refractivity contribution in [3.63, 3.8) is 0 Å². The fraction of sp³-hybridized carbons (Fsp3) is 0.441. The highest BCUT2D eigenvalue weighted by Gasteiger charge is 2.34. The molecule has 6 heterocycles. The molecule has 10 nitrogen and oxygen atoms in total. The molecule has 12 heteroatoms. The summed E-state index contributed by atoms with van der Waals surface area (Å²) in [5.74, 6) is 0.724. The van der Waals surface area contributed by atoms with Gasteiger partial charge in [-0.25, -0.2) is 14.4 Å². The molecule has 3 aliphatic rings. The third-order valence-electron chi connectivity index (χ3n) is 9.61. The second-order valence-corrected chi connectivity index (χ2v) is 13.9. The quantitative estimate of drug-likeness (QED) is 0.294. The fourth-order valence-electron chi connectivity index (χ4n) is 7.01. The lowest BCUT2D eigenvalue weighted by molar-refractivity contribution is 0.156. The van der Waals surface area contributed by atoms with Crippen molar-refractivity contribution in [3.05, 3.63) is 76.0 Å². The number of rotatable bonds is 8. The highest BCUT2D eigenvalue weighted by atomic mass is 32.2. The molecule has 2 saturated heterocycles. The Morgan fingerprint density at radius 3 is 2.63 bits per heavy atom. The normalized spacial score (nSPS) is 20.2. The van der Waals surface area contributed by atoms with Gasteiger partial charge in [-0.2, -0.15) is 0 Å². The molecule has 0 spiro atoms. The highest BCUT2D eigenvalue weighted by Crippen LogP contribution is 2.47. The van der Waals surface area contributed by atoms with Crippen LogP contribution in [0.15, 0.2) is 58.6 Å². The van der Waals surface area contributed by atoms with Crippen LogP contribution in [-0.4, -0.2) is 83.8 Å². The number of likely N-dealkylation sites (N-methyl/N-ethyl adjacent to an activating group) is 1. The number of aromatic nitrogens is 3. The molecule has 7 rings (SSSR count). The van der Waals surface area contributed by atoms with E-state index in [1.54, 1.807) is 25.1 Å². The van der Waals surface area contributed by atoms with Crippen LogP contribution in [0.25, 0.3) is 10.9 Å². The van der Waals surface area contributed by atoms with Crippen molar-refractivity contribution in [2.45, 2.75) is 49.3 Å². The summed E-state index contributed by atoms with van der Waals surface area (Å²) in [5.41, 5.74) is 10.0. The van der Waals surface area contributed by atoms with Gasteiger partial charge in [0.1, 0.15) is 11.6 Å². The third kappa shape index (κ3) is 5.89. The van der Waals surface area contributed by atoms with Gasteiger partial charge in [0, 0.05) is 81.6 Å². The second kappa shape index (κ2) is 12.7. The lowest BCUT2D eigenvalue weighted by Gasteiger charge is -2.41. The largest absolute Gasteiger partial charge is 0.481 e. The summed E-state index contributed by atoms with van der Waals surface area (Å²) >= 11 is 1.72. The number of pyridine rings is 3. The van der Waals surface area contributed by atoms with Gasteiger partial charge in [-0.15, -0.1) is 0 Å². The number of piperidine rings is 1. The predicted molar refractivity (Wildman–Crippen MR) is 182 cm³/mol. The number of nitrogen functional groups attached to an aromatic ring is 1. The molecule has 0 saturated carbocycles. The Bertz CT molecular complexity index is 1790. The SMILES string of the molecule is COc1cc(CN(Cc2c3n(c4cc(N5CCN(C)CC5)c(F)cc4c2=O)C(C)S3)[C@H]2CCCN(c3ccc(N)nc3)C2)ccn1. The van der Waals surface area contributed by atoms with Crippen LogP contribution >= 0.6 is 11.8 Å². The van der Waals surface area contributed by atoms with Crippen LogP contribution in [0.3, 0.4) is 0 Å². The molecule has 0 radical (unpaired) electrons. The molecular weight excluding hydrogens is 603 g/mol. The van der Waals surface area contributed by atoms with Gasteiger partial charge in [0.15, 0.2) is 5.43 Å². The van der Waals surface area contributed by atoms with E-state index in [0.717, 1.165) is 79.5 Å². The van der Waals surface area contributed by atoms with Gasteiger partial charge in [-0.05, 0) is 62.7 Å². The van der Waals surface area contributed by atoms with Gasteiger partial charge in [-0.3, -0.25) is 9.69 Å². The highest BCUT2D eigenvalue weighted by molar-refractivity contribution is 8.00. The first kappa shape index (κ1) is 30.8. The maximum atomic E-state index is 15.7. The lowest BCUT2D eigenvalue weighted by Crippen LogP contribution is -2.48. The van der Waals surface area contributed by atoms with Crippen molar-refractivity contribution in [2.75, 3.05) is 69.0 Å². The molecule has 4 aromatic rings. The van der Waals surface area contributed by atoms with Crippen molar-refractivity contribution in [1.82, 2.24) is 24.3 Å². The topological polar surface area (TPSA) is 96.0 Å². The number of benzene rings is 1. The number of thioether (sulfide) groups is 1. The number of hydrogen-bond acceptors (Lipinski definition) is 10. The number of ether oxygens (including phenoxy) is 1. The minimum atomic E-state index is -0.332. The Kier molecular flexibility index (Phi) is 8.51. The van der Waals surface area contributed by atoms with E-state index in [1.807, 2.05) is 36.5 Å². The summed E-state index contributed by atoms with van der Waals surface area (Å²) in [7, 11) is 3.71. The maximum absolute atomic E-state index is 15.7. The van der Waals surface area contributed by atoms with Gasteiger partial charge in [-0.1, -0.05) is 11.8 Å². The number of piperazine rings is 1. The minimum Gasteiger partial charge on any atom is -0.481 e. The molecule has 46 heavy (non-hydrogen) atoms. The van der Waals surface area contributed by atoms with E-state index in [4.69, 9.17) is 10.5 Å². The van der Waals surface area contributed by atoms with Crippen LogP contribution < -0.4 is 25.7 Å². The maximum Gasteiger partial charge on any atom is 0.213 e. The van der Waals surface area contributed by atoms with Crippen LogP contribution in [0.4, 0.5) is 21.6 Å². The van der Waals surface area contributed by atoms with Crippen LogP contribution in [0, 0.1) is 5.82 Å². The third-order valence-corrected chi connectivity index (χ3v) is 10.8. The molecule has 3 aliphatic heterocycles. The molecule has 242 valence electrons.